The zero-order valence-corrected chi connectivity index (χ0v) is 11.0. The van der Waals surface area contributed by atoms with Crippen LogP contribution in [0.15, 0.2) is 48.8 Å². The Hall–Kier alpha value is -1.61. The lowest BCUT2D eigenvalue weighted by Crippen LogP contribution is -1.82. The van der Waals surface area contributed by atoms with Crippen molar-refractivity contribution in [2.24, 2.45) is 0 Å². The molecule has 86 valence electrons. The molecule has 2 nitrogen and oxygen atoms in total. The van der Waals surface area contributed by atoms with Crippen LogP contribution in [0.1, 0.15) is 11.1 Å². The third-order valence-electron chi connectivity index (χ3n) is 2.37. The van der Waals surface area contributed by atoms with Crippen LogP contribution in [0, 0.1) is 0 Å². The fourth-order valence-corrected chi connectivity index (χ4v) is 1.97. The van der Waals surface area contributed by atoms with E-state index >= 15 is 0 Å². The summed E-state index contributed by atoms with van der Waals surface area (Å²) in [7, 11) is 1.66. The Labute approximate surface area is 109 Å². The van der Waals surface area contributed by atoms with Crippen LogP contribution in [0.5, 0.6) is 5.75 Å². The summed E-state index contributed by atoms with van der Waals surface area (Å²) in [4.78, 5) is 3.99. The minimum Gasteiger partial charge on any atom is -0.497 e. The lowest BCUT2D eigenvalue weighted by Gasteiger charge is -2.01. The summed E-state index contributed by atoms with van der Waals surface area (Å²) in [5.41, 5.74) is 2.23. The quantitative estimate of drug-likeness (QED) is 0.853. The third kappa shape index (κ3) is 3.17. The molecule has 17 heavy (non-hydrogen) atoms. The van der Waals surface area contributed by atoms with Crippen molar-refractivity contribution in [3.63, 3.8) is 0 Å². The second-order valence-electron chi connectivity index (χ2n) is 3.50. The summed E-state index contributed by atoms with van der Waals surface area (Å²) in [6.07, 6.45) is 5.62. The van der Waals surface area contributed by atoms with Crippen molar-refractivity contribution < 1.29 is 4.74 Å². The van der Waals surface area contributed by atoms with E-state index in [0.29, 0.717) is 0 Å². The molecule has 0 fully saturated rings. The van der Waals surface area contributed by atoms with Gasteiger partial charge in [-0.1, -0.05) is 28.1 Å². The highest BCUT2D eigenvalue weighted by molar-refractivity contribution is 9.15. The number of aromatic nitrogens is 1. The molecule has 2 rings (SSSR count). The summed E-state index contributed by atoms with van der Waals surface area (Å²) in [6, 6.07) is 11.8. The second kappa shape index (κ2) is 5.64. The average molecular weight is 290 g/mol. The lowest BCUT2D eigenvalue weighted by molar-refractivity contribution is 0.415. The van der Waals surface area contributed by atoms with Gasteiger partial charge in [0.1, 0.15) is 5.75 Å². The summed E-state index contributed by atoms with van der Waals surface area (Å²) in [5, 5.41) is 0. The molecule has 3 heteroatoms. The van der Waals surface area contributed by atoms with Crippen LogP contribution in [0.25, 0.3) is 10.6 Å². The Bertz CT molecular complexity index is 506. The Balaban J connectivity index is 2.23. The Morgan fingerprint density at radius 1 is 1.12 bits per heavy atom. The van der Waals surface area contributed by atoms with Crippen LogP contribution in [0.4, 0.5) is 0 Å². The van der Waals surface area contributed by atoms with E-state index in [9.17, 15) is 0 Å². The van der Waals surface area contributed by atoms with Gasteiger partial charge in [-0.3, -0.25) is 4.98 Å². The van der Waals surface area contributed by atoms with Gasteiger partial charge in [0.15, 0.2) is 0 Å². The maximum Gasteiger partial charge on any atom is 0.118 e. The highest BCUT2D eigenvalue weighted by Crippen LogP contribution is 2.24. The van der Waals surface area contributed by atoms with E-state index in [2.05, 4.69) is 27.0 Å². The molecule has 0 amide bonds. The highest BCUT2D eigenvalue weighted by Gasteiger charge is 1.97. The maximum atomic E-state index is 5.12. The van der Waals surface area contributed by atoms with Gasteiger partial charge in [0.2, 0.25) is 0 Å². The Kier molecular flexibility index (Phi) is 3.94. The van der Waals surface area contributed by atoms with Gasteiger partial charge in [-0.2, -0.15) is 0 Å². The molecule has 0 aliphatic carbocycles. The molecule has 0 aliphatic heterocycles. The Morgan fingerprint density at radius 2 is 1.76 bits per heavy atom. The van der Waals surface area contributed by atoms with E-state index < -0.39 is 0 Å². The molecule has 0 bridgehead atoms. The number of nitrogens with zero attached hydrogens (tertiary/aromatic N) is 1. The molecule has 1 aromatic carbocycles. The molecule has 0 unspecified atom stereocenters. The first-order valence-electron chi connectivity index (χ1n) is 5.21. The molecule has 0 saturated carbocycles. The number of benzene rings is 1. The van der Waals surface area contributed by atoms with Gasteiger partial charge in [-0.05, 0) is 41.5 Å². The molecule has 0 radical (unpaired) electrons. The van der Waals surface area contributed by atoms with Crippen LogP contribution in [-0.4, -0.2) is 12.1 Å². The molecular formula is C14H12BrNO. The first kappa shape index (κ1) is 11.9. The molecule has 0 atom stereocenters. The summed E-state index contributed by atoms with van der Waals surface area (Å²) >= 11 is 3.56. The van der Waals surface area contributed by atoms with Crippen LogP contribution in [-0.2, 0) is 0 Å². The summed E-state index contributed by atoms with van der Waals surface area (Å²) < 4.78 is 6.15. The van der Waals surface area contributed by atoms with Crippen molar-refractivity contribution in [3.05, 3.63) is 59.9 Å². The van der Waals surface area contributed by atoms with Crippen LogP contribution < -0.4 is 4.74 Å². The maximum absolute atomic E-state index is 5.12. The van der Waals surface area contributed by atoms with E-state index in [1.54, 1.807) is 19.5 Å². The number of methoxy groups -OCH3 is 1. The first-order valence-corrected chi connectivity index (χ1v) is 6.00. The molecule has 1 heterocycles. The molecule has 1 aromatic heterocycles. The zero-order chi connectivity index (χ0) is 12.1. The molecule has 0 N–H and O–H groups in total. The lowest BCUT2D eigenvalue weighted by atomic mass is 10.1. The smallest absolute Gasteiger partial charge is 0.118 e. The number of pyridine rings is 1. The van der Waals surface area contributed by atoms with Crippen molar-refractivity contribution in [3.8, 4) is 5.75 Å². The minimum atomic E-state index is 0.863. The van der Waals surface area contributed by atoms with Gasteiger partial charge in [-0.15, -0.1) is 0 Å². The molecule has 0 saturated heterocycles. The fraction of sp³-hybridized carbons (Fsp3) is 0.0714. The fourth-order valence-electron chi connectivity index (χ4n) is 1.44. The van der Waals surface area contributed by atoms with Gasteiger partial charge in [0.05, 0.1) is 7.11 Å². The first-order chi connectivity index (χ1) is 8.29. The SMILES string of the molecule is COc1ccc(/C=C(/Br)c2ccncc2)cc1. The summed E-state index contributed by atoms with van der Waals surface area (Å²) in [6.45, 7) is 0. The van der Waals surface area contributed by atoms with Crippen molar-refractivity contribution in [2.45, 2.75) is 0 Å². The normalized spacial score (nSPS) is 11.3. The van der Waals surface area contributed by atoms with Gasteiger partial charge in [0.25, 0.3) is 0 Å². The average Bonchev–Trinajstić information content (AvgIpc) is 2.40. The van der Waals surface area contributed by atoms with Gasteiger partial charge in [0, 0.05) is 16.9 Å². The van der Waals surface area contributed by atoms with Crippen molar-refractivity contribution >= 4 is 26.5 Å². The van der Waals surface area contributed by atoms with Crippen LogP contribution in [0.2, 0.25) is 0 Å². The molecule has 0 spiro atoms. The van der Waals surface area contributed by atoms with Crippen molar-refractivity contribution in [2.75, 3.05) is 7.11 Å². The molecular weight excluding hydrogens is 278 g/mol. The van der Waals surface area contributed by atoms with Gasteiger partial charge >= 0.3 is 0 Å². The highest BCUT2D eigenvalue weighted by atomic mass is 79.9. The Morgan fingerprint density at radius 3 is 2.35 bits per heavy atom. The molecule has 2 aromatic rings. The van der Waals surface area contributed by atoms with Crippen LogP contribution in [0.3, 0.4) is 0 Å². The summed E-state index contributed by atoms with van der Waals surface area (Å²) in [5.74, 6) is 0.863. The number of rotatable bonds is 3. The van der Waals surface area contributed by atoms with E-state index in [-0.39, 0.29) is 0 Å². The zero-order valence-electron chi connectivity index (χ0n) is 9.43. The third-order valence-corrected chi connectivity index (χ3v) is 3.05. The van der Waals surface area contributed by atoms with E-state index in [0.717, 1.165) is 21.4 Å². The predicted octanol–water partition coefficient (Wildman–Crippen LogP) is 3.98. The second-order valence-corrected chi connectivity index (χ2v) is 4.36. The monoisotopic (exact) mass is 289 g/mol. The van der Waals surface area contributed by atoms with Gasteiger partial charge < -0.3 is 4.74 Å². The topological polar surface area (TPSA) is 22.1 Å². The standard InChI is InChI=1S/C14H12BrNO/c1-17-13-4-2-11(3-5-13)10-14(15)12-6-8-16-9-7-12/h2-10H,1H3/b14-10+. The van der Waals surface area contributed by atoms with E-state index in [1.165, 1.54) is 0 Å². The largest absolute Gasteiger partial charge is 0.497 e. The van der Waals surface area contributed by atoms with Crippen molar-refractivity contribution in [1.82, 2.24) is 4.98 Å². The number of hydrogen-bond acceptors (Lipinski definition) is 2. The number of hydrogen-bond donors (Lipinski definition) is 0. The van der Waals surface area contributed by atoms with Gasteiger partial charge in [-0.25, -0.2) is 0 Å². The molecule has 0 aliphatic rings. The predicted molar refractivity (Wildman–Crippen MR) is 74.0 cm³/mol. The van der Waals surface area contributed by atoms with E-state index in [1.807, 2.05) is 36.4 Å². The van der Waals surface area contributed by atoms with Crippen molar-refractivity contribution in [1.29, 1.82) is 0 Å². The number of ether oxygens (including phenoxy) is 1. The van der Waals surface area contributed by atoms with E-state index in [4.69, 9.17) is 4.74 Å². The minimum absolute atomic E-state index is 0.863. The number of halogens is 1. The van der Waals surface area contributed by atoms with Crippen LogP contribution >= 0.6 is 15.9 Å².